The van der Waals surface area contributed by atoms with Crippen molar-refractivity contribution in [2.24, 2.45) is 0 Å². The smallest absolute Gasteiger partial charge is 0.193 e. The third-order valence-electron chi connectivity index (χ3n) is 3.05. The molecule has 3 rings (SSSR count). The van der Waals surface area contributed by atoms with Crippen LogP contribution < -0.4 is 10.2 Å². The monoisotopic (exact) mass is 270 g/mol. The van der Waals surface area contributed by atoms with E-state index in [2.05, 4.69) is 0 Å². The molecule has 1 heterocycles. The van der Waals surface area contributed by atoms with Crippen molar-refractivity contribution < 1.29 is 13.5 Å². The Morgan fingerprint density at radius 2 is 1.95 bits per heavy atom. The Morgan fingerprint density at radius 3 is 2.70 bits per heavy atom. The summed E-state index contributed by atoms with van der Waals surface area (Å²) >= 11 is 0. The van der Waals surface area contributed by atoms with E-state index in [1.54, 1.807) is 30.3 Å². The highest BCUT2D eigenvalue weighted by atomic mass is 19.1. The Hall–Kier alpha value is -2.62. The van der Waals surface area contributed by atoms with Crippen molar-refractivity contribution in [3.8, 4) is 17.1 Å². The first kappa shape index (κ1) is 12.4. The average Bonchev–Trinajstić information content (AvgIpc) is 2.46. The van der Waals surface area contributed by atoms with Gasteiger partial charge in [0, 0.05) is 17.7 Å². The lowest BCUT2D eigenvalue weighted by Gasteiger charge is -2.05. The van der Waals surface area contributed by atoms with Crippen LogP contribution in [0.5, 0.6) is 5.75 Å². The number of rotatable bonds is 2. The van der Waals surface area contributed by atoms with Crippen molar-refractivity contribution in [3.63, 3.8) is 0 Å². The van der Waals surface area contributed by atoms with Crippen LogP contribution in [0.3, 0.4) is 0 Å². The van der Waals surface area contributed by atoms with E-state index in [0.717, 1.165) is 0 Å². The molecule has 20 heavy (non-hydrogen) atoms. The highest BCUT2D eigenvalue weighted by molar-refractivity contribution is 5.80. The van der Waals surface area contributed by atoms with Gasteiger partial charge in [-0.15, -0.1) is 0 Å². The molecule has 0 amide bonds. The van der Waals surface area contributed by atoms with Gasteiger partial charge in [-0.1, -0.05) is 12.1 Å². The van der Waals surface area contributed by atoms with Crippen LogP contribution in [0.1, 0.15) is 0 Å². The summed E-state index contributed by atoms with van der Waals surface area (Å²) in [6, 6.07) is 12.3. The molecule has 0 spiro atoms. The lowest BCUT2D eigenvalue weighted by atomic mass is 10.1. The van der Waals surface area contributed by atoms with Gasteiger partial charge in [-0.3, -0.25) is 4.79 Å². The first-order valence-electron chi connectivity index (χ1n) is 6.05. The largest absolute Gasteiger partial charge is 0.497 e. The summed E-state index contributed by atoms with van der Waals surface area (Å²) in [6.45, 7) is 0. The second-order valence-corrected chi connectivity index (χ2v) is 4.35. The SMILES string of the molecule is COc1ccc2c(=O)cc(-c3cccc(F)c3)oc2c1. The number of hydrogen-bond donors (Lipinski definition) is 0. The standard InChI is InChI=1S/C16H11FO3/c1-19-12-5-6-13-14(18)9-15(20-16(13)8-12)10-3-2-4-11(17)7-10/h2-9H,1H3. The summed E-state index contributed by atoms with van der Waals surface area (Å²) in [7, 11) is 1.54. The van der Waals surface area contributed by atoms with Gasteiger partial charge in [0.25, 0.3) is 0 Å². The zero-order chi connectivity index (χ0) is 14.1. The van der Waals surface area contributed by atoms with Gasteiger partial charge < -0.3 is 9.15 Å². The molecule has 0 atom stereocenters. The van der Waals surface area contributed by atoms with Crippen molar-refractivity contribution in [1.29, 1.82) is 0 Å². The zero-order valence-corrected chi connectivity index (χ0v) is 10.7. The van der Waals surface area contributed by atoms with E-state index in [9.17, 15) is 9.18 Å². The Kier molecular flexibility index (Phi) is 2.99. The lowest BCUT2D eigenvalue weighted by molar-refractivity contribution is 0.414. The molecule has 2 aromatic carbocycles. The Balaban J connectivity index is 2.25. The Labute approximate surface area is 114 Å². The van der Waals surface area contributed by atoms with Crippen LogP contribution in [0.25, 0.3) is 22.3 Å². The van der Waals surface area contributed by atoms with Crippen LogP contribution in [-0.4, -0.2) is 7.11 Å². The molecule has 0 aliphatic heterocycles. The minimum atomic E-state index is -0.379. The third-order valence-corrected chi connectivity index (χ3v) is 3.05. The predicted octanol–water partition coefficient (Wildman–Crippen LogP) is 3.61. The molecule has 0 bridgehead atoms. The highest BCUT2D eigenvalue weighted by Crippen LogP contribution is 2.25. The molecule has 0 unspecified atom stereocenters. The fourth-order valence-electron chi connectivity index (χ4n) is 2.05. The molecule has 3 nitrogen and oxygen atoms in total. The summed E-state index contributed by atoms with van der Waals surface area (Å²) in [5.41, 5.74) is 0.760. The number of halogens is 1. The van der Waals surface area contributed by atoms with Crippen molar-refractivity contribution in [1.82, 2.24) is 0 Å². The summed E-state index contributed by atoms with van der Waals surface area (Å²) in [6.07, 6.45) is 0. The van der Waals surface area contributed by atoms with Crippen molar-refractivity contribution in [3.05, 3.63) is 64.6 Å². The minimum absolute atomic E-state index is 0.173. The molecule has 0 radical (unpaired) electrons. The van der Waals surface area contributed by atoms with Crippen LogP contribution in [-0.2, 0) is 0 Å². The molecule has 3 aromatic rings. The average molecular weight is 270 g/mol. The van der Waals surface area contributed by atoms with Crippen LogP contribution >= 0.6 is 0 Å². The van der Waals surface area contributed by atoms with Crippen LogP contribution in [0.4, 0.5) is 4.39 Å². The van der Waals surface area contributed by atoms with Gasteiger partial charge in [0.2, 0.25) is 0 Å². The molecule has 1 aromatic heterocycles. The fourth-order valence-corrected chi connectivity index (χ4v) is 2.05. The van der Waals surface area contributed by atoms with Gasteiger partial charge in [-0.2, -0.15) is 0 Å². The predicted molar refractivity (Wildman–Crippen MR) is 74.4 cm³/mol. The van der Waals surface area contributed by atoms with Gasteiger partial charge in [0.15, 0.2) is 5.43 Å². The maximum absolute atomic E-state index is 13.2. The van der Waals surface area contributed by atoms with Gasteiger partial charge in [0.05, 0.1) is 12.5 Å². The number of fused-ring (bicyclic) bond motifs is 1. The summed E-state index contributed by atoms with van der Waals surface area (Å²) in [5, 5.41) is 0.464. The van der Waals surface area contributed by atoms with Crippen LogP contribution in [0, 0.1) is 5.82 Å². The molecule has 0 saturated heterocycles. The lowest BCUT2D eigenvalue weighted by Crippen LogP contribution is -2.00. The van der Waals surface area contributed by atoms with Crippen molar-refractivity contribution in [2.45, 2.75) is 0 Å². The van der Waals surface area contributed by atoms with E-state index in [0.29, 0.717) is 28.0 Å². The van der Waals surface area contributed by atoms with E-state index in [1.807, 2.05) is 0 Å². The van der Waals surface area contributed by atoms with Crippen molar-refractivity contribution in [2.75, 3.05) is 7.11 Å². The van der Waals surface area contributed by atoms with E-state index >= 15 is 0 Å². The Bertz CT molecular complexity index is 836. The van der Waals surface area contributed by atoms with Gasteiger partial charge >= 0.3 is 0 Å². The zero-order valence-electron chi connectivity index (χ0n) is 10.7. The Morgan fingerprint density at radius 1 is 1.10 bits per heavy atom. The molecule has 100 valence electrons. The maximum Gasteiger partial charge on any atom is 0.193 e. The molecular formula is C16H11FO3. The molecule has 0 aliphatic carbocycles. The first-order valence-corrected chi connectivity index (χ1v) is 6.05. The van der Waals surface area contributed by atoms with Crippen LogP contribution in [0.2, 0.25) is 0 Å². The summed E-state index contributed by atoms with van der Waals surface area (Å²) in [5.74, 6) is 0.545. The normalized spacial score (nSPS) is 10.7. The van der Waals surface area contributed by atoms with E-state index in [-0.39, 0.29) is 11.2 Å². The van der Waals surface area contributed by atoms with Gasteiger partial charge in [-0.05, 0) is 24.3 Å². The molecule has 0 saturated carbocycles. The molecule has 0 aliphatic rings. The van der Waals surface area contributed by atoms with Gasteiger partial charge in [-0.25, -0.2) is 4.39 Å². The quantitative estimate of drug-likeness (QED) is 0.714. The topological polar surface area (TPSA) is 39.4 Å². The summed E-state index contributed by atoms with van der Waals surface area (Å²) < 4.78 is 24.0. The van der Waals surface area contributed by atoms with E-state index in [1.165, 1.54) is 25.3 Å². The van der Waals surface area contributed by atoms with E-state index in [4.69, 9.17) is 9.15 Å². The highest BCUT2D eigenvalue weighted by Gasteiger charge is 2.08. The van der Waals surface area contributed by atoms with E-state index < -0.39 is 0 Å². The third kappa shape index (κ3) is 2.16. The molecule has 4 heteroatoms. The number of ether oxygens (including phenoxy) is 1. The van der Waals surface area contributed by atoms with Gasteiger partial charge in [0.1, 0.15) is 22.9 Å². The number of benzene rings is 2. The minimum Gasteiger partial charge on any atom is -0.497 e. The molecule has 0 fully saturated rings. The second-order valence-electron chi connectivity index (χ2n) is 4.35. The number of methoxy groups -OCH3 is 1. The first-order chi connectivity index (χ1) is 9.67. The second kappa shape index (κ2) is 4.81. The maximum atomic E-state index is 13.2. The molecular weight excluding hydrogens is 259 g/mol. The molecule has 0 N–H and O–H groups in total. The number of hydrogen-bond acceptors (Lipinski definition) is 3. The van der Waals surface area contributed by atoms with Crippen LogP contribution in [0.15, 0.2) is 57.7 Å². The summed E-state index contributed by atoms with van der Waals surface area (Å²) in [4.78, 5) is 12.1. The fraction of sp³-hybridized carbons (Fsp3) is 0.0625. The van der Waals surface area contributed by atoms with Crippen molar-refractivity contribution >= 4 is 11.0 Å².